The van der Waals surface area contributed by atoms with E-state index in [4.69, 9.17) is 4.74 Å². The number of halogens is 2. The van der Waals surface area contributed by atoms with Crippen molar-refractivity contribution in [3.63, 3.8) is 0 Å². The van der Waals surface area contributed by atoms with E-state index in [0.717, 1.165) is 17.7 Å². The molecule has 1 aliphatic heterocycles. The van der Waals surface area contributed by atoms with Crippen LogP contribution in [0.1, 0.15) is 54.7 Å². The number of carboxylic acids is 1. The summed E-state index contributed by atoms with van der Waals surface area (Å²) in [6.45, 7) is 10.5. The van der Waals surface area contributed by atoms with Crippen LogP contribution in [-0.4, -0.2) is 29.8 Å². The van der Waals surface area contributed by atoms with Gasteiger partial charge in [0.05, 0.1) is 17.8 Å². The van der Waals surface area contributed by atoms with Gasteiger partial charge in [-0.05, 0) is 75.9 Å². The number of amides is 2. The summed E-state index contributed by atoms with van der Waals surface area (Å²) in [5, 5.41) is 12.9. The first-order valence-electron chi connectivity index (χ1n) is 12.4. The number of anilines is 1. The fourth-order valence-corrected chi connectivity index (χ4v) is 5.22. The Hall–Kier alpha value is -3.78. The molecule has 0 radical (unpaired) electrons. The van der Waals surface area contributed by atoms with Gasteiger partial charge in [0.1, 0.15) is 11.6 Å². The van der Waals surface area contributed by atoms with Crippen LogP contribution in [0.2, 0.25) is 0 Å². The first kappa shape index (κ1) is 27.3. The van der Waals surface area contributed by atoms with Crippen molar-refractivity contribution in [1.82, 2.24) is 5.32 Å². The third kappa shape index (κ3) is 4.65. The smallest absolute Gasteiger partial charge is 0.337 e. The number of benzene rings is 3. The number of hydrogen-bond acceptors (Lipinski definition) is 3. The maximum atomic E-state index is 15.4. The Morgan fingerprint density at radius 3 is 2.11 bits per heavy atom. The highest BCUT2D eigenvalue weighted by atomic mass is 19.1. The Morgan fingerprint density at radius 2 is 1.55 bits per heavy atom. The predicted octanol–water partition coefficient (Wildman–Crippen LogP) is 6.82. The summed E-state index contributed by atoms with van der Waals surface area (Å²) in [5.41, 5.74) is 3.58. The first-order valence-corrected chi connectivity index (χ1v) is 12.4. The van der Waals surface area contributed by atoms with Gasteiger partial charge in [-0.1, -0.05) is 29.8 Å². The third-order valence-electron chi connectivity index (χ3n) is 6.81. The number of nitrogens with zero attached hydrogens (tertiary/aromatic N) is 1. The largest absolute Gasteiger partial charge is 0.479 e. The summed E-state index contributed by atoms with van der Waals surface area (Å²) in [6, 6.07) is 9.13. The second-order valence-corrected chi connectivity index (χ2v) is 10.6. The lowest BCUT2D eigenvalue weighted by molar-refractivity contribution is -0.160. The van der Waals surface area contributed by atoms with Crippen molar-refractivity contribution in [1.29, 1.82) is 0 Å². The predicted molar refractivity (Wildman–Crippen MR) is 143 cm³/mol. The molecule has 0 unspecified atom stereocenters. The monoisotopic (exact) mass is 522 g/mol. The summed E-state index contributed by atoms with van der Waals surface area (Å²) in [6.07, 6.45) is -1.39. The van der Waals surface area contributed by atoms with Gasteiger partial charge in [-0.25, -0.2) is 18.4 Å². The Kier molecular flexibility index (Phi) is 7.05. The van der Waals surface area contributed by atoms with Crippen molar-refractivity contribution < 1.29 is 28.2 Å². The van der Waals surface area contributed by atoms with Crippen molar-refractivity contribution in [2.75, 3.05) is 11.9 Å². The quantitative estimate of drug-likeness (QED) is 0.394. The molecular formula is C30H32F2N2O4. The van der Waals surface area contributed by atoms with Crippen molar-refractivity contribution in [3.05, 3.63) is 75.8 Å². The van der Waals surface area contributed by atoms with Crippen molar-refractivity contribution in [2.24, 2.45) is 0 Å². The van der Waals surface area contributed by atoms with Crippen LogP contribution in [0.4, 0.5) is 19.3 Å². The van der Waals surface area contributed by atoms with Gasteiger partial charge in [0, 0.05) is 29.3 Å². The van der Waals surface area contributed by atoms with Crippen LogP contribution in [0.5, 0.6) is 0 Å². The molecule has 0 fully saturated rings. The highest BCUT2D eigenvalue weighted by Crippen LogP contribution is 2.51. The summed E-state index contributed by atoms with van der Waals surface area (Å²) in [7, 11) is 1.45. The van der Waals surface area contributed by atoms with Crippen LogP contribution in [0.25, 0.3) is 22.3 Å². The Morgan fingerprint density at radius 1 is 0.947 bits per heavy atom. The van der Waals surface area contributed by atoms with Crippen molar-refractivity contribution >= 4 is 17.7 Å². The fraction of sp³-hybridized carbons (Fsp3) is 0.333. The van der Waals surface area contributed by atoms with Gasteiger partial charge in [-0.3, -0.25) is 4.90 Å². The summed E-state index contributed by atoms with van der Waals surface area (Å²) in [4.78, 5) is 27.1. The molecule has 3 aromatic carbocycles. The number of urea groups is 1. The zero-order valence-corrected chi connectivity index (χ0v) is 22.6. The Balaban J connectivity index is 2.22. The van der Waals surface area contributed by atoms with Gasteiger partial charge >= 0.3 is 12.0 Å². The second-order valence-electron chi connectivity index (χ2n) is 10.6. The molecule has 0 saturated carbocycles. The number of carboxylic acid groups (broad SMARTS) is 1. The molecular weight excluding hydrogens is 490 g/mol. The minimum absolute atomic E-state index is 0.0620. The van der Waals surface area contributed by atoms with Crippen LogP contribution in [0.3, 0.4) is 0 Å². The average molecular weight is 523 g/mol. The van der Waals surface area contributed by atoms with Gasteiger partial charge in [0.15, 0.2) is 6.10 Å². The second kappa shape index (κ2) is 9.83. The minimum atomic E-state index is -1.39. The SMILES string of the molecule is CNC(=O)N1Cc2c(F)ccc(F)c2-c2c(C)c(-c3ccc(C)cc3)c([C@H](OC(C)(C)C)C(=O)O)c(C)c21. The number of fused-ring (bicyclic) bond motifs is 3. The van der Waals surface area contributed by atoms with E-state index in [1.165, 1.54) is 11.9 Å². The number of ether oxygens (including phenoxy) is 1. The lowest BCUT2D eigenvalue weighted by atomic mass is 9.79. The normalized spacial score (nSPS) is 13.6. The molecule has 2 amide bonds. The van der Waals surface area contributed by atoms with E-state index >= 15 is 8.78 Å². The fourth-order valence-electron chi connectivity index (χ4n) is 5.22. The zero-order valence-electron chi connectivity index (χ0n) is 22.6. The van der Waals surface area contributed by atoms with Gasteiger partial charge in [0.25, 0.3) is 0 Å². The van der Waals surface area contributed by atoms with Crippen molar-refractivity contribution in [2.45, 2.75) is 59.8 Å². The molecule has 6 nitrogen and oxygen atoms in total. The molecule has 0 bridgehead atoms. The van der Waals surface area contributed by atoms with E-state index in [-0.39, 0.29) is 17.7 Å². The van der Waals surface area contributed by atoms with E-state index in [1.807, 2.05) is 31.2 Å². The molecule has 0 saturated heterocycles. The number of carbonyl (C=O) groups is 2. The van der Waals surface area contributed by atoms with E-state index in [1.54, 1.807) is 34.6 Å². The molecule has 38 heavy (non-hydrogen) atoms. The summed E-state index contributed by atoms with van der Waals surface area (Å²) < 4.78 is 36.6. The van der Waals surface area contributed by atoms with Gasteiger partial charge in [-0.2, -0.15) is 0 Å². The first-order chi connectivity index (χ1) is 17.8. The zero-order chi connectivity index (χ0) is 28.1. The van der Waals surface area contributed by atoms with Gasteiger partial charge in [-0.15, -0.1) is 0 Å². The van der Waals surface area contributed by atoms with Crippen molar-refractivity contribution in [3.8, 4) is 22.3 Å². The van der Waals surface area contributed by atoms with Crippen LogP contribution in [0.15, 0.2) is 36.4 Å². The van der Waals surface area contributed by atoms with Crippen LogP contribution in [0, 0.1) is 32.4 Å². The van der Waals surface area contributed by atoms with Crippen LogP contribution >= 0.6 is 0 Å². The summed E-state index contributed by atoms with van der Waals surface area (Å²) >= 11 is 0. The Bertz CT molecular complexity index is 1440. The lowest BCUT2D eigenvalue weighted by Crippen LogP contribution is -2.41. The Labute approximate surface area is 221 Å². The number of aliphatic carboxylic acids is 1. The third-order valence-corrected chi connectivity index (χ3v) is 6.81. The number of carbonyl (C=O) groups excluding carboxylic acids is 1. The highest BCUT2D eigenvalue weighted by Gasteiger charge is 2.39. The number of aryl methyl sites for hydroxylation is 1. The molecule has 1 atom stereocenters. The molecule has 0 aromatic heterocycles. The molecule has 2 N–H and O–H groups in total. The van der Waals surface area contributed by atoms with E-state index in [2.05, 4.69) is 5.32 Å². The summed E-state index contributed by atoms with van der Waals surface area (Å²) in [5.74, 6) is -2.45. The van der Waals surface area contributed by atoms with E-state index in [0.29, 0.717) is 39.1 Å². The standard InChI is InChI=1S/C30H32F2N2O4/c1-15-8-10-18(11-9-15)22-16(2)23-25-19(20(31)12-13-21(25)32)14-34(29(37)33-7)26(23)17(3)24(22)27(28(35)36)38-30(4,5)6/h8-13,27H,14H2,1-7H3,(H,33,37)(H,35,36)/t27-/m0/s1. The molecule has 200 valence electrons. The highest BCUT2D eigenvalue weighted by molar-refractivity contribution is 6.04. The number of rotatable bonds is 4. The van der Waals surface area contributed by atoms with E-state index in [9.17, 15) is 14.7 Å². The lowest BCUT2D eigenvalue weighted by Gasteiger charge is -2.37. The maximum Gasteiger partial charge on any atom is 0.337 e. The molecule has 0 aliphatic carbocycles. The van der Waals surface area contributed by atoms with Crippen LogP contribution in [-0.2, 0) is 16.1 Å². The maximum absolute atomic E-state index is 15.4. The van der Waals surface area contributed by atoms with Crippen LogP contribution < -0.4 is 10.2 Å². The minimum Gasteiger partial charge on any atom is -0.479 e. The van der Waals surface area contributed by atoms with Gasteiger partial charge < -0.3 is 15.2 Å². The van der Waals surface area contributed by atoms with E-state index < -0.39 is 35.3 Å². The number of nitrogens with one attached hydrogen (secondary N) is 1. The molecule has 0 spiro atoms. The van der Waals surface area contributed by atoms with Gasteiger partial charge in [0.2, 0.25) is 0 Å². The molecule has 1 heterocycles. The average Bonchev–Trinajstić information content (AvgIpc) is 2.85. The topological polar surface area (TPSA) is 78.9 Å². The molecule has 1 aliphatic rings. The number of hydrogen-bond donors (Lipinski definition) is 2. The molecule has 3 aromatic rings. The molecule has 8 heteroatoms. The molecule has 4 rings (SSSR count).